The second-order valence-corrected chi connectivity index (χ2v) is 7.57. The lowest BCUT2D eigenvalue weighted by atomic mass is 10.1. The van der Waals surface area contributed by atoms with Crippen molar-refractivity contribution >= 4 is 10.0 Å². The van der Waals surface area contributed by atoms with Gasteiger partial charge in [-0.25, -0.2) is 21.9 Å². The molecular formula is C14H18FN3O4S. The maximum absolute atomic E-state index is 12.9. The zero-order chi connectivity index (χ0) is 17.0. The van der Waals surface area contributed by atoms with Crippen LogP contribution >= 0.6 is 0 Å². The van der Waals surface area contributed by atoms with Gasteiger partial charge in [-0.1, -0.05) is 17.3 Å². The maximum atomic E-state index is 12.9. The van der Waals surface area contributed by atoms with E-state index in [0.29, 0.717) is 12.2 Å². The number of hydrogen-bond donors (Lipinski definition) is 0. The molecule has 7 nitrogen and oxygen atoms in total. The molecule has 1 aromatic carbocycles. The fraction of sp³-hybridized carbons (Fsp3) is 0.429. The predicted octanol–water partition coefficient (Wildman–Crippen LogP) is 0.848. The van der Waals surface area contributed by atoms with E-state index in [-0.39, 0.29) is 24.5 Å². The summed E-state index contributed by atoms with van der Waals surface area (Å²) in [7, 11) is -0.397. The summed E-state index contributed by atoms with van der Waals surface area (Å²) in [6, 6.07) is 5.83. The van der Waals surface area contributed by atoms with Crippen molar-refractivity contribution in [2.75, 3.05) is 19.8 Å². The molecule has 0 aliphatic heterocycles. The van der Waals surface area contributed by atoms with Crippen LogP contribution in [0.1, 0.15) is 17.8 Å². The molecule has 0 aliphatic carbocycles. The monoisotopic (exact) mass is 343 g/mol. The maximum Gasteiger partial charge on any atom is 0.441 e. The van der Waals surface area contributed by atoms with Gasteiger partial charge in [0.1, 0.15) is 5.82 Å². The highest BCUT2D eigenvalue weighted by Crippen LogP contribution is 2.09. The van der Waals surface area contributed by atoms with Gasteiger partial charge in [-0.05, 0) is 24.1 Å². The zero-order valence-electron chi connectivity index (χ0n) is 12.9. The number of benzene rings is 1. The topological polar surface area (TPSA) is 85.4 Å². The van der Waals surface area contributed by atoms with E-state index in [0.717, 1.165) is 9.87 Å². The molecule has 0 saturated carbocycles. The van der Waals surface area contributed by atoms with Crippen LogP contribution in [0.25, 0.3) is 0 Å². The summed E-state index contributed by atoms with van der Waals surface area (Å²) >= 11 is 0. The SMILES string of the molecule is CN(C)S(=O)(=O)CCCn1c(Cc2ccc(F)cc2)noc1=O. The van der Waals surface area contributed by atoms with E-state index in [4.69, 9.17) is 0 Å². The molecule has 0 radical (unpaired) electrons. The van der Waals surface area contributed by atoms with Crippen LogP contribution in [0, 0.1) is 5.82 Å². The number of aromatic nitrogens is 2. The lowest BCUT2D eigenvalue weighted by molar-refractivity contribution is 0.373. The Morgan fingerprint density at radius 2 is 1.91 bits per heavy atom. The zero-order valence-corrected chi connectivity index (χ0v) is 13.7. The molecule has 23 heavy (non-hydrogen) atoms. The summed E-state index contributed by atoms with van der Waals surface area (Å²) in [5.41, 5.74) is 0.773. The third kappa shape index (κ3) is 4.49. The first kappa shape index (κ1) is 17.4. The second kappa shape index (κ2) is 7.05. The van der Waals surface area contributed by atoms with Crippen molar-refractivity contribution < 1.29 is 17.3 Å². The summed E-state index contributed by atoms with van der Waals surface area (Å²) in [6.45, 7) is 0.186. The van der Waals surface area contributed by atoms with Crippen molar-refractivity contribution in [1.82, 2.24) is 14.0 Å². The molecule has 0 atom stereocenters. The molecule has 0 bridgehead atoms. The molecule has 2 rings (SSSR count). The van der Waals surface area contributed by atoms with Crippen LogP contribution in [0.3, 0.4) is 0 Å². The Bertz CT molecular complexity index is 809. The average molecular weight is 343 g/mol. The third-order valence-corrected chi connectivity index (χ3v) is 5.29. The Morgan fingerprint density at radius 1 is 1.26 bits per heavy atom. The molecule has 0 spiro atoms. The summed E-state index contributed by atoms with van der Waals surface area (Å²) in [5.74, 6) is -0.679. The van der Waals surface area contributed by atoms with E-state index in [9.17, 15) is 17.6 Å². The Morgan fingerprint density at radius 3 is 2.52 bits per heavy atom. The molecule has 2 aromatic rings. The molecule has 9 heteroatoms. The Kier molecular flexibility index (Phi) is 5.32. The number of nitrogens with zero attached hydrogens (tertiary/aromatic N) is 3. The van der Waals surface area contributed by atoms with E-state index >= 15 is 0 Å². The van der Waals surface area contributed by atoms with Crippen molar-refractivity contribution in [2.45, 2.75) is 19.4 Å². The number of hydrogen-bond acceptors (Lipinski definition) is 5. The van der Waals surface area contributed by atoms with Crippen LogP contribution < -0.4 is 5.76 Å². The van der Waals surface area contributed by atoms with Crippen molar-refractivity contribution in [3.8, 4) is 0 Å². The van der Waals surface area contributed by atoms with Gasteiger partial charge in [-0.3, -0.25) is 9.09 Å². The number of sulfonamides is 1. The van der Waals surface area contributed by atoms with Crippen molar-refractivity contribution in [3.63, 3.8) is 0 Å². The van der Waals surface area contributed by atoms with Gasteiger partial charge in [0.2, 0.25) is 10.0 Å². The highest BCUT2D eigenvalue weighted by atomic mass is 32.2. The van der Waals surface area contributed by atoms with E-state index in [2.05, 4.69) is 9.68 Å². The molecule has 0 N–H and O–H groups in total. The van der Waals surface area contributed by atoms with Gasteiger partial charge in [0, 0.05) is 27.1 Å². The fourth-order valence-electron chi connectivity index (χ4n) is 2.02. The molecule has 126 valence electrons. The van der Waals surface area contributed by atoms with Crippen LogP contribution in [0.4, 0.5) is 4.39 Å². The average Bonchev–Trinajstić information content (AvgIpc) is 2.82. The lowest BCUT2D eigenvalue weighted by Gasteiger charge is -2.11. The molecule has 0 saturated heterocycles. The van der Waals surface area contributed by atoms with E-state index in [1.807, 2.05) is 0 Å². The van der Waals surface area contributed by atoms with Crippen LogP contribution in [0.2, 0.25) is 0 Å². The van der Waals surface area contributed by atoms with E-state index < -0.39 is 15.8 Å². The normalized spacial score (nSPS) is 12.0. The Labute approximate surface area is 133 Å². The van der Waals surface area contributed by atoms with Crippen LogP contribution in [0.5, 0.6) is 0 Å². The summed E-state index contributed by atoms with van der Waals surface area (Å²) in [6.07, 6.45) is 0.560. The van der Waals surface area contributed by atoms with Crippen molar-refractivity contribution in [2.24, 2.45) is 0 Å². The first-order valence-electron chi connectivity index (χ1n) is 6.99. The molecule has 0 aliphatic rings. The molecule has 0 fully saturated rings. The summed E-state index contributed by atoms with van der Waals surface area (Å²) < 4.78 is 43.4. The van der Waals surface area contributed by atoms with Crippen LogP contribution in [-0.2, 0) is 23.0 Å². The van der Waals surface area contributed by atoms with Crippen molar-refractivity contribution in [1.29, 1.82) is 0 Å². The third-order valence-electron chi connectivity index (χ3n) is 3.38. The van der Waals surface area contributed by atoms with Crippen LogP contribution in [-0.4, -0.2) is 42.3 Å². The van der Waals surface area contributed by atoms with Gasteiger partial charge < -0.3 is 0 Å². The van der Waals surface area contributed by atoms with Gasteiger partial charge in [0.15, 0.2) is 5.82 Å². The van der Waals surface area contributed by atoms with Gasteiger partial charge in [0.05, 0.1) is 5.75 Å². The quantitative estimate of drug-likeness (QED) is 0.744. The fourth-order valence-corrected chi connectivity index (χ4v) is 2.88. The molecule has 0 amide bonds. The van der Waals surface area contributed by atoms with Crippen LogP contribution in [0.15, 0.2) is 33.6 Å². The number of halogens is 1. The minimum atomic E-state index is -3.32. The van der Waals surface area contributed by atoms with Gasteiger partial charge >= 0.3 is 5.76 Å². The lowest BCUT2D eigenvalue weighted by Crippen LogP contribution is -2.27. The van der Waals surface area contributed by atoms with E-state index in [1.165, 1.54) is 30.8 Å². The summed E-state index contributed by atoms with van der Waals surface area (Å²) in [4.78, 5) is 11.7. The van der Waals surface area contributed by atoms with Gasteiger partial charge in [0.25, 0.3) is 0 Å². The molecule has 1 heterocycles. The Balaban J connectivity index is 2.07. The standard InChI is InChI=1S/C14H18FN3O4S/c1-17(2)23(20,21)9-3-8-18-13(16-22-14(18)19)10-11-4-6-12(15)7-5-11/h4-7H,3,8-10H2,1-2H3. The largest absolute Gasteiger partial charge is 0.441 e. The first-order chi connectivity index (χ1) is 10.8. The Hall–Kier alpha value is -2.00. The van der Waals surface area contributed by atoms with Crippen molar-refractivity contribution in [3.05, 3.63) is 52.0 Å². The minimum absolute atomic E-state index is 0.0758. The van der Waals surface area contributed by atoms with Gasteiger partial charge in [-0.2, -0.15) is 0 Å². The summed E-state index contributed by atoms with van der Waals surface area (Å²) in [5, 5.41) is 3.71. The highest BCUT2D eigenvalue weighted by Gasteiger charge is 2.16. The first-order valence-corrected chi connectivity index (χ1v) is 8.60. The molecule has 0 unspecified atom stereocenters. The smallest absolute Gasteiger partial charge is 0.296 e. The van der Waals surface area contributed by atoms with E-state index in [1.54, 1.807) is 12.1 Å². The highest BCUT2D eigenvalue weighted by molar-refractivity contribution is 7.89. The molecular weight excluding hydrogens is 325 g/mol. The minimum Gasteiger partial charge on any atom is -0.296 e. The predicted molar refractivity (Wildman–Crippen MR) is 82.1 cm³/mol. The number of rotatable bonds is 7. The van der Waals surface area contributed by atoms with Gasteiger partial charge in [-0.15, -0.1) is 0 Å². The second-order valence-electron chi connectivity index (χ2n) is 5.27. The molecule has 1 aromatic heterocycles.